The van der Waals surface area contributed by atoms with Crippen molar-refractivity contribution in [2.75, 3.05) is 0 Å². The first-order valence-electron chi connectivity index (χ1n) is 5.05. The van der Waals surface area contributed by atoms with E-state index >= 15 is 0 Å². The molecule has 16 heavy (non-hydrogen) atoms. The summed E-state index contributed by atoms with van der Waals surface area (Å²) in [4.78, 5) is 11.5. The van der Waals surface area contributed by atoms with E-state index in [-0.39, 0.29) is 10.3 Å². The van der Waals surface area contributed by atoms with E-state index in [1.165, 1.54) is 0 Å². The van der Waals surface area contributed by atoms with Crippen molar-refractivity contribution >= 4 is 27.9 Å². The highest BCUT2D eigenvalue weighted by Gasteiger charge is 2.10. The number of halogens is 1. The van der Waals surface area contributed by atoms with Crippen molar-refractivity contribution in [3.63, 3.8) is 0 Å². The number of aryl methyl sites for hydroxylation is 1. The maximum Gasteiger partial charge on any atom is 0.250 e. The molecule has 0 saturated carbocycles. The van der Waals surface area contributed by atoms with Gasteiger partial charge in [-0.3, -0.25) is 9.52 Å². The van der Waals surface area contributed by atoms with Crippen LogP contribution >= 0.6 is 27.9 Å². The number of nitrogens with one attached hydrogen (secondary N) is 1. The van der Waals surface area contributed by atoms with Crippen molar-refractivity contribution in [2.24, 2.45) is 7.05 Å². The van der Waals surface area contributed by atoms with Crippen LogP contribution in [0.2, 0.25) is 0 Å². The standard InChI is InChI=1S/C11H17BrN2OS/c1-11(2,3)16-13-6-8-5-10(15)14(4)7-9(8)12/h5,7,13H,6H2,1-4H3. The third kappa shape index (κ3) is 4.31. The molecule has 1 rings (SSSR count). The smallest absolute Gasteiger partial charge is 0.250 e. The van der Waals surface area contributed by atoms with Gasteiger partial charge in [0, 0.05) is 35.1 Å². The molecule has 0 spiro atoms. The molecular weight excluding hydrogens is 288 g/mol. The van der Waals surface area contributed by atoms with Crippen molar-refractivity contribution in [3.05, 3.63) is 32.7 Å². The van der Waals surface area contributed by atoms with Crippen molar-refractivity contribution in [3.8, 4) is 0 Å². The Morgan fingerprint density at radius 1 is 1.50 bits per heavy atom. The highest BCUT2D eigenvalue weighted by atomic mass is 79.9. The molecule has 0 amide bonds. The second kappa shape index (κ2) is 5.38. The van der Waals surface area contributed by atoms with E-state index in [1.54, 1.807) is 35.8 Å². The van der Waals surface area contributed by atoms with E-state index in [2.05, 4.69) is 41.4 Å². The molecular formula is C11H17BrN2OS. The van der Waals surface area contributed by atoms with Crippen LogP contribution in [-0.2, 0) is 13.6 Å². The molecule has 1 N–H and O–H groups in total. The maximum absolute atomic E-state index is 11.5. The van der Waals surface area contributed by atoms with E-state index in [0.29, 0.717) is 6.54 Å². The lowest BCUT2D eigenvalue weighted by atomic mass is 10.3. The van der Waals surface area contributed by atoms with Gasteiger partial charge in [-0.2, -0.15) is 0 Å². The van der Waals surface area contributed by atoms with Crippen LogP contribution in [0.15, 0.2) is 21.5 Å². The molecule has 1 aromatic heterocycles. The Bertz CT molecular complexity index is 423. The normalized spacial score (nSPS) is 11.8. The van der Waals surface area contributed by atoms with Crippen molar-refractivity contribution in [1.29, 1.82) is 0 Å². The number of nitrogens with zero attached hydrogens (tertiary/aromatic N) is 1. The summed E-state index contributed by atoms with van der Waals surface area (Å²) in [6, 6.07) is 1.65. The fourth-order valence-electron chi connectivity index (χ4n) is 1.10. The van der Waals surface area contributed by atoms with Gasteiger partial charge in [0.25, 0.3) is 5.56 Å². The summed E-state index contributed by atoms with van der Waals surface area (Å²) in [7, 11) is 1.74. The van der Waals surface area contributed by atoms with Crippen LogP contribution in [0.3, 0.4) is 0 Å². The maximum atomic E-state index is 11.5. The number of aromatic nitrogens is 1. The molecule has 0 radical (unpaired) electrons. The van der Waals surface area contributed by atoms with Gasteiger partial charge in [-0.25, -0.2) is 0 Å². The average molecular weight is 305 g/mol. The fourth-order valence-corrected chi connectivity index (χ4v) is 2.32. The number of pyridine rings is 1. The highest BCUT2D eigenvalue weighted by Crippen LogP contribution is 2.21. The molecule has 0 aliphatic carbocycles. The molecule has 0 aliphatic heterocycles. The van der Waals surface area contributed by atoms with E-state index in [4.69, 9.17) is 0 Å². The summed E-state index contributed by atoms with van der Waals surface area (Å²) in [5.74, 6) is 0. The number of hydrogen-bond donors (Lipinski definition) is 1. The lowest BCUT2D eigenvalue weighted by Crippen LogP contribution is -2.20. The van der Waals surface area contributed by atoms with Crippen LogP contribution in [0, 0.1) is 0 Å². The van der Waals surface area contributed by atoms with E-state index in [9.17, 15) is 4.79 Å². The molecule has 0 aromatic carbocycles. The van der Waals surface area contributed by atoms with Crippen LogP contribution in [0.4, 0.5) is 0 Å². The Morgan fingerprint density at radius 3 is 2.69 bits per heavy atom. The molecule has 0 unspecified atom stereocenters. The zero-order valence-electron chi connectivity index (χ0n) is 10.0. The molecule has 5 heteroatoms. The van der Waals surface area contributed by atoms with Gasteiger partial charge < -0.3 is 4.57 Å². The Hall–Kier alpha value is -0.260. The van der Waals surface area contributed by atoms with Gasteiger partial charge in [-0.1, -0.05) is 11.9 Å². The predicted molar refractivity (Wildman–Crippen MR) is 73.6 cm³/mol. The summed E-state index contributed by atoms with van der Waals surface area (Å²) >= 11 is 5.12. The van der Waals surface area contributed by atoms with Crippen molar-refractivity contribution in [2.45, 2.75) is 32.1 Å². The average Bonchev–Trinajstić information content (AvgIpc) is 2.11. The molecule has 0 saturated heterocycles. The number of hydrogen-bond acceptors (Lipinski definition) is 3. The zero-order chi connectivity index (χ0) is 12.3. The van der Waals surface area contributed by atoms with Gasteiger partial charge in [0.2, 0.25) is 0 Å². The first-order valence-corrected chi connectivity index (χ1v) is 6.66. The van der Waals surface area contributed by atoms with Crippen molar-refractivity contribution < 1.29 is 0 Å². The lowest BCUT2D eigenvalue weighted by Gasteiger charge is -2.18. The van der Waals surface area contributed by atoms with Gasteiger partial charge in [-0.15, -0.1) is 0 Å². The van der Waals surface area contributed by atoms with Gasteiger partial charge in [0.05, 0.1) is 0 Å². The topological polar surface area (TPSA) is 34.0 Å². The van der Waals surface area contributed by atoms with E-state index < -0.39 is 0 Å². The zero-order valence-corrected chi connectivity index (χ0v) is 12.4. The summed E-state index contributed by atoms with van der Waals surface area (Å²) in [5.41, 5.74) is 1.00. The van der Waals surface area contributed by atoms with Crippen molar-refractivity contribution in [1.82, 2.24) is 9.29 Å². The first-order chi connectivity index (χ1) is 7.29. The SMILES string of the molecule is Cn1cc(Br)c(CNSC(C)(C)C)cc1=O. The summed E-state index contributed by atoms with van der Waals surface area (Å²) in [6.07, 6.45) is 1.79. The molecule has 3 nitrogen and oxygen atoms in total. The minimum absolute atomic E-state index is 0.0146. The third-order valence-corrected chi connectivity index (χ3v) is 3.52. The molecule has 0 bridgehead atoms. The monoisotopic (exact) mass is 304 g/mol. The fraction of sp³-hybridized carbons (Fsp3) is 0.545. The summed E-state index contributed by atoms with van der Waals surface area (Å²) in [5, 5.41) is 0. The Kier molecular flexibility index (Phi) is 4.64. The minimum Gasteiger partial charge on any atom is -0.317 e. The second-order valence-electron chi connectivity index (χ2n) is 4.63. The summed E-state index contributed by atoms with van der Waals surface area (Å²) in [6.45, 7) is 7.11. The van der Waals surface area contributed by atoms with Crippen LogP contribution in [-0.4, -0.2) is 9.31 Å². The number of rotatable bonds is 3. The molecule has 1 heterocycles. The van der Waals surface area contributed by atoms with E-state index in [0.717, 1.165) is 10.0 Å². The Balaban J connectivity index is 2.68. The van der Waals surface area contributed by atoms with Gasteiger partial charge >= 0.3 is 0 Å². The van der Waals surface area contributed by atoms with Crippen LogP contribution in [0.25, 0.3) is 0 Å². The Labute approximate surface area is 109 Å². The van der Waals surface area contributed by atoms with Gasteiger partial charge in [-0.05, 0) is 42.3 Å². The molecule has 0 atom stereocenters. The van der Waals surface area contributed by atoms with Gasteiger partial charge in [0.15, 0.2) is 0 Å². The first kappa shape index (κ1) is 13.8. The van der Waals surface area contributed by atoms with E-state index in [1.807, 2.05) is 0 Å². The molecule has 90 valence electrons. The van der Waals surface area contributed by atoms with Crippen LogP contribution in [0.5, 0.6) is 0 Å². The molecule has 0 aliphatic rings. The largest absolute Gasteiger partial charge is 0.317 e. The highest BCUT2D eigenvalue weighted by molar-refractivity contribution is 9.10. The Morgan fingerprint density at radius 2 is 2.12 bits per heavy atom. The minimum atomic E-state index is 0.0146. The molecule has 1 aromatic rings. The predicted octanol–water partition coefficient (Wildman–Crippen LogP) is 2.68. The molecule has 0 fully saturated rings. The lowest BCUT2D eigenvalue weighted by molar-refractivity contribution is 0.784. The van der Waals surface area contributed by atoms with Crippen LogP contribution < -0.4 is 10.3 Å². The third-order valence-electron chi connectivity index (χ3n) is 1.90. The van der Waals surface area contributed by atoms with Gasteiger partial charge in [0.1, 0.15) is 0 Å². The second-order valence-corrected chi connectivity index (χ2v) is 7.20. The van der Waals surface area contributed by atoms with Crippen LogP contribution in [0.1, 0.15) is 26.3 Å². The quantitative estimate of drug-likeness (QED) is 0.872. The summed E-state index contributed by atoms with van der Waals surface area (Å²) < 4.78 is 5.96.